The van der Waals surface area contributed by atoms with Crippen LogP contribution in [0.2, 0.25) is 5.02 Å². The molecule has 0 aliphatic heterocycles. The molecule has 1 aliphatic carbocycles. The molecule has 3 rings (SSSR count). The molecule has 2 atom stereocenters. The number of nitrogens with one attached hydrogen (secondary N) is 1. The van der Waals surface area contributed by atoms with E-state index in [4.69, 9.17) is 11.6 Å². The minimum absolute atomic E-state index is 0.202. The summed E-state index contributed by atoms with van der Waals surface area (Å²) in [7, 11) is 0. The number of phenolic OH excluding ortho intramolecular Hbond substituents is 1. The third-order valence-corrected chi connectivity index (χ3v) is 4.37. The van der Waals surface area contributed by atoms with Crippen LogP contribution in [0.5, 0.6) is 5.75 Å². The Labute approximate surface area is 124 Å². The molecule has 20 heavy (non-hydrogen) atoms. The summed E-state index contributed by atoms with van der Waals surface area (Å²) in [5.74, 6) is 0.351. The maximum absolute atomic E-state index is 9.54. The van der Waals surface area contributed by atoms with Crippen molar-refractivity contribution in [2.75, 3.05) is 0 Å². The van der Waals surface area contributed by atoms with Crippen LogP contribution in [0, 0.1) is 0 Å². The van der Waals surface area contributed by atoms with E-state index in [0.717, 1.165) is 23.4 Å². The van der Waals surface area contributed by atoms with Gasteiger partial charge in [0.25, 0.3) is 0 Å². The topological polar surface area (TPSA) is 32.3 Å². The molecule has 0 spiro atoms. The number of hydrogen-bond acceptors (Lipinski definition) is 2. The fourth-order valence-corrected chi connectivity index (χ4v) is 3.29. The van der Waals surface area contributed by atoms with Crippen LogP contribution >= 0.6 is 11.6 Å². The van der Waals surface area contributed by atoms with Gasteiger partial charge in [0.15, 0.2) is 0 Å². The first-order valence-electron chi connectivity index (χ1n) is 6.97. The lowest BCUT2D eigenvalue weighted by Gasteiger charge is -2.21. The molecule has 2 aromatic rings. The van der Waals surface area contributed by atoms with Crippen molar-refractivity contribution in [1.29, 1.82) is 0 Å². The van der Waals surface area contributed by atoms with E-state index in [2.05, 4.69) is 18.3 Å². The van der Waals surface area contributed by atoms with Crippen molar-refractivity contribution in [3.05, 3.63) is 64.2 Å². The Balaban J connectivity index is 1.79. The number of benzene rings is 2. The van der Waals surface area contributed by atoms with Gasteiger partial charge in [0, 0.05) is 17.1 Å². The Morgan fingerprint density at radius 3 is 2.85 bits per heavy atom. The smallest absolute Gasteiger partial charge is 0.115 e. The average Bonchev–Trinajstić information content (AvgIpc) is 2.81. The maximum atomic E-state index is 9.54. The number of aryl methyl sites for hydroxylation is 1. The summed E-state index contributed by atoms with van der Waals surface area (Å²) in [5.41, 5.74) is 3.66. The van der Waals surface area contributed by atoms with Gasteiger partial charge < -0.3 is 10.4 Å². The van der Waals surface area contributed by atoms with Gasteiger partial charge in [-0.05, 0) is 54.7 Å². The quantitative estimate of drug-likeness (QED) is 0.878. The molecule has 0 saturated carbocycles. The molecule has 0 saturated heterocycles. The summed E-state index contributed by atoms with van der Waals surface area (Å²) >= 11 is 6.25. The van der Waals surface area contributed by atoms with Crippen molar-refractivity contribution in [2.45, 2.75) is 31.8 Å². The fourth-order valence-electron chi connectivity index (χ4n) is 2.99. The normalized spacial score (nSPS) is 18.8. The highest BCUT2D eigenvalue weighted by Gasteiger charge is 2.24. The zero-order chi connectivity index (χ0) is 14.1. The highest BCUT2D eigenvalue weighted by molar-refractivity contribution is 6.31. The van der Waals surface area contributed by atoms with E-state index in [0.29, 0.717) is 11.8 Å². The van der Waals surface area contributed by atoms with Gasteiger partial charge in [-0.15, -0.1) is 0 Å². The summed E-state index contributed by atoms with van der Waals surface area (Å²) in [6.45, 7) is 2.14. The first-order chi connectivity index (χ1) is 9.65. The van der Waals surface area contributed by atoms with E-state index in [9.17, 15) is 5.11 Å². The molecule has 1 aliphatic rings. The maximum Gasteiger partial charge on any atom is 0.115 e. The molecule has 0 heterocycles. The van der Waals surface area contributed by atoms with Crippen molar-refractivity contribution in [2.24, 2.45) is 0 Å². The summed E-state index contributed by atoms with van der Waals surface area (Å²) in [6.07, 6.45) is 2.07. The van der Waals surface area contributed by atoms with Gasteiger partial charge in [-0.1, -0.05) is 35.9 Å². The fraction of sp³-hybridized carbons (Fsp3) is 0.294. The monoisotopic (exact) mass is 287 g/mol. The highest BCUT2D eigenvalue weighted by Crippen LogP contribution is 2.35. The number of rotatable bonds is 3. The Morgan fingerprint density at radius 2 is 2.05 bits per heavy atom. The van der Waals surface area contributed by atoms with Gasteiger partial charge in [0.05, 0.1) is 0 Å². The first-order valence-corrected chi connectivity index (χ1v) is 7.35. The largest absolute Gasteiger partial charge is 0.508 e. The molecule has 2 aromatic carbocycles. The number of halogens is 1. The van der Waals surface area contributed by atoms with Crippen LogP contribution in [0.15, 0.2) is 42.5 Å². The Hall–Kier alpha value is -1.51. The van der Waals surface area contributed by atoms with Gasteiger partial charge in [0.2, 0.25) is 0 Å². The molecule has 2 nitrogen and oxygen atoms in total. The summed E-state index contributed by atoms with van der Waals surface area (Å²) in [6, 6.07) is 14.1. The van der Waals surface area contributed by atoms with Crippen LogP contribution in [0.25, 0.3) is 0 Å². The van der Waals surface area contributed by atoms with Crippen molar-refractivity contribution >= 4 is 11.6 Å². The molecular weight excluding hydrogens is 270 g/mol. The average molecular weight is 288 g/mol. The first kappa shape index (κ1) is 13.5. The zero-order valence-corrected chi connectivity index (χ0v) is 12.2. The number of fused-ring (bicyclic) bond motifs is 1. The molecule has 0 fully saturated rings. The Bertz CT molecular complexity index is 626. The zero-order valence-electron chi connectivity index (χ0n) is 11.4. The molecule has 104 valence electrons. The standard InChI is InChI=1S/C17H18ClNO/c1-11(14-4-2-3-5-16(14)18)19-17-9-6-12-10-13(20)7-8-15(12)17/h2-5,7-8,10-11,17,19-20H,6,9H2,1H3/t11-,17?/m0/s1. The predicted molar refractivity (Wildman–Crippen MR) is 82.2 cm³/mol. The predicted octanol–water partition coefficient (Wildman–Crippen LogP) is 4.38. The van der Waals surface area contributed by atoms with Gasteiger partial charge in [-0.2, -0.15) is 0 Å². The van der Waals surface area contributed by atoms with Crippen molar-refractivity contribution in [1.82, 2.24) is 5.32 Å². The molecule has 0 aromatic heterocycles. The lowest BCUT2D eigenvalue weighted by molar-refractivity contribution is 0.464. The van der Waals surface area contributed by atoms with Crippen LogP contribution in [-0.4, -0.2) is 5.11 Å². The van der Waals surface area contributed by atoms with Gasteiger partial charge in [-0.25, -0.2) is 0 Å². The second kappa shape index (κ2) is 5.47. The molecule has 3 heteroatoms. The highest BCUT2D eigenvalue weighted by atomic mass is 35.5. The Morgan fingerprint density at radius 1 is 1.25 bits per heavy atom. The van der Waals surface area contributed by atoms with E-state index >= 15 is 0 Å². The summed E-state index contributed by atoms with van der Waals surface area (Å²) < 4.78 is 0. The SMILES string of the molecule is C[C@H](NC1CCc2cc(O)ccc21)c1ccccc1Cl. The molecule has 0 radical (unpaired) electrons. The van der Waals surface area contributed by atoms with Crippen LogP contribution in [0.4, 0.5) is 0 Å². The number of phenols is 1. The van der Waals surface area contributed by atoms with E-state index in [-0.39, 0.29) is 6.04 Å². The molecule has 0 amide bonds. The lowest BCUT2D eigenvalue weighted by atomic mass is 10.0. The second-order valence-corrected chi connectivity index (χ2v) is 5.79. The van der Waals surface area contributed by atoms with E-state index in [1.807, 2.05) is 30.3 Å². The minimum atomic E-state index is 0.202. The van der Waals surface area contributed by atoms with Crippen molar-refractivity contribution < 1.29 is 5.11 Å². The van der Waals surface area contributed by atoms with Crippen LogP contribution < -0.4 is 5.32 Å². The van der Waals surface area contributed by atoms with Gasteiger partial charge >= 0.3 is 0 Å². The minimum Gasteiger partial charge on any atom is -0.508 e. The van der Waals surface area contributed by atoms with Crippen LogP contribution in [0.3, 0.4) is 0 Å². The second-order valence-electron chi connectivity index (χ2n) is 5.38. The third kappa shape index (κ3) is 2.54. The molecule has 2 N–H and O–H groups in total. The van der Waals surface area contributed by atoms with E-state index in [1.165, 1.54) is 11.1 Å². The molecule has 1 unspecified atom stereocenters. The van der Waals surface area contributed by atoms with Crippen LogP contribution in [-0.2, 0) is 6.42 Å². The summed E-state index contributed by atoms with van der Waals surface area (Å²) in [5, 5.41) is 14.0. The van der Waals surface area contributed by atoms with Gasteiger partial charge in [0.1, 0.15) is 5.75 Å². The third-order valence-electron chi connectivity index (χ3n) is 4.03. The summed E-state index contributed by atoms with van der Waals surface area (Å²) in [4.78, 5) is 0. The van der Waals surface area contributed by atoms with Crippen molar-refractivity contribution in [3.63, 3.8) is 0 Å². The lowest BCUT2D eigenvalue weighted by Crippen LogP contribution is -2.23. The van der Waals surface area contributed by atoms with Gasteiger partial charge in [-0.3, -0.25) is 0 Å². The Kier molecular flexibility index (Phi) is 3.68. The number of hydrogen-bond donors (Lipinski definition) is 2. The van der Waals surface area contributed by atoms with Crippen molar-refractivity contribution in [3.8, 4) is 5.75 Å². The molecular formula is C17H18ClNO. The van der Waals surface area contributed by atoms with Crippen LogP contribution in [0.1, 0.15) is 42.1 Å². The number of aromatic hydroxyl groups is 1. The van der Waals surface area contributed by atoms with E-state index in [1.54, 1.807) is 6.07 Å². The van der Waals surface area contributed by atoms with E-state index < -0.39 is 0 Å². The molecule has 0 bridgehead atoms.